The van der Waals surface area contributed by atoms with Gasteiger partial charge < -0.3 is 0 Å². The van der Waals surface area contributed by atoms with Crippen LogP contribution in [0.25, 0.3) is 0 Å². The Balaban J connectivity index is 3.23. The van der Waals surface area contributed by atoms with E-state index in [0.29, 0.717) is 10.6 Å². The van der Waals surface area contributed by atoms with Crippen molar-refractivity contribution in [2.45, 2.75) is 18.6 Å². The van der Waals surface area contributed by atoms with E-state index in [1.54, 1.807) is 6.07 Å². The average Bonchev–Trinajstić information content (AvgIpc) is 1.92. The summed E-state index contributed by atoms with van der Waals surface area (Å²) < 4.78 is 12.7. The van der Waals surface area contributed by atoms with Crippen LogP contribution in [0.3, 0.4) is 0 Å². The number of hydrogen-bond acceptors (Lipinski definition) is 1. The molecule has 0 unspecified atom stereocenters. The monoisotopic (exact) mass is 204 g/mol. The SMILES string of the molecule is CC(C)(S)c1cc(Cl)ccc1F. The van der Waals surface area contributed by atoms with Gasteiger partial charge in [0.1, 0.15) is 5.82 Å². The van der Waals surface area contributed by atoms with Crippen molar-refractivity contribution >= 4 is 24.2 Å². The maximum Gasteiger partial charge on any atom is 0.127 e. The Morgan fingerprint density at radius 3 is 2.42 bits per heavy atom. The fourth-order valence-corrected chi connectivity index (χ4v) is 1.31. The molecule has 0 fully saturated rings. The third-order valence-corrected chi connectivity index (χ3v) is 2.06. The summed E-state index contributed by atoms with van der Waals surface area (Å²) >= 11 is 9.98. The summed E-state index contributed by atoms with van der Waals surface area (Å²) in [5.74, 6) is -0.264. The van der Waals surface area contributed by atoms with Gasteiger partial charge in [-0.1, -0.05) is 11.6 Å². The molecule has 1 aromatic carbocycles. The maximum atomic E-state index is 13.2. The van der Waals surface area contributed by atoms with Crippen molar-refractivity contribution in [3.8, 4) is 0 Å². The third-order valence-electron chi connectivity index (χ3n) is 1.59. The van der Waals surface area contributed by atoms with Crippen molar-refractivity contribution in [2.24, 2.45) is 0 Å². The molecule has 0 bridgehead atoms. The minimum Gasteiger partial charge on any atom is -0.207 e. The van der Waals surface area contributed by atoms with Gasteiger partial charge in [0.25, 0.3) is 0 Å². The summed E-state index contributed by atoms with van der Waals surface area (Å²) in [4.78, 5) is 0. The molecular weight excluding hydrogens is 195 g/mol. The Morgan fingerprint density at radius 2 is 2.00 bits per heavy atom. The first-order chi connectivity index (χ1) is 5.41. The van der Waals surface area contributed by atoms with Gasteiger partial charge in [-0.25, -0.2) is 4.39 Å². The zero-order valence-corrected chi connectivity index (χ0v) is 8.59. The van der Waals surface area contributed by atoms with Crippen molar-refractivity contribution in [1.82, 2.24) is 0 Å². The van der Waals surface area contributed by atoms with Crippen LogP contribution in [0.2, 0.25) is 5.02 Å². The molecule has 0 N–H and O–H groups in total. The minimum absolute atomic E-state index is 0.264. The van der Waals surface area contributed by atoms with Gasteiger partial charge in [-0.2, -0.15) is 12.6 Å². The lowest BCUT2D eigenvalue weighted by molar-refractivity contribution is 0.588. The molecule has 66 valence electrons. The standard InChI is InChI=1S/C9H10ClFS/c1-9(2,12)7-5-6(10)3-4-8(7)11/h3-5,12H,1-2H3. The molecule has 0 heterocycles. The summed E-state index contributed by atoms with van der Waals surface area (Å²) in [5, 5.41) is 0.536. The molecule has 0 radical (unpaired) electrons. The molecule has 0 saturated heterocycles. The van der Waals surface area contributed by atoms with E-state index >= 15 is 0 Å². The van der Waals surface area contributed by atoms with Crippen molar-refractivity contribution in [1.29, 1.82) is 0 Å². The van der Waals surface area contributed by atoms with Crippen LogP contribution in [0.1, 0.15) is 19.4 Å². The quantitative estimate of drug-likeness (QED) is 0.664. The van der Waals surface area contributed by atoms with Crippen LogP contribution in [0.5, 0.6) is 0 Å². The second-order valence-electron chi connectivity index (χ2n) is 3.18. The number of hydrogen-bond donors (Lipinski definition) is 1. The molecule has 0 aromatic heterocycles. The largest absolute Gasteiger partial charge is 0.207 e. The summed E-state index contributed by atoms with van der Waals surface area (Å²) in [6.07, 6.45) is 0. The van der Waals surface area contributed by atoms with Crippen LogP contribution < -0.4 is 0 Å². The second-order valence-corrected chi connectivity index (χ2v) is 4.74. The molecule has 0 aliphatic rings. The average molecular weight is 205 g/mol. The first-order valence-electron chi connectivity index (χ1n) is 3.59. The Hall–Kier alpha value is -0.210. The molecule has 0 atom stereocenters. The van der Waals surface area contributed by atoms with Crippen LogP contribution in [0.4, 0.5) is 4.39 Å². The Bertz CT molecular complexity index is 291. The van der Waals surface area contributed by atoms with Gasteiger partial charge >= 0.3 is 0 Å². The zero-order chi connectivity index (χ0) is 9.35. The second kappa shape index (κ2) is 3.27. The van der Waals surface area contributed by atoms with E-state index in [0.717, 1.165) is 0 Å². The molecule has 3 heteroatoms. The predicted molar refractivity (Wildman–Crippen MR) is 53.4 cm³/mol. The van der Waals surface area contributed by atoms with E-state index < -0.39 is 4.75 Å². The number of rotatable bonds is 1. The Morgan fingerprint density at radius 1 is 1.42 bits per heavy atom. The highest BCUT2D eigenvalue weighted by molar-refractivity contribution is 7.81. The fraction of sp³-hybridized carbons (Fsp3) is 0.333. The fourth-order valence-electron chi connectivity index (χ4n) is 0.966. The van der Waals surface area contributed by atoms with E-state index in [4.69, 9.17) is 11.6 Å². The molecule has 0 aliphatic carbocycles. The van der Waals surface area contributed by atoms with Gasteiger partial charge in [-0.05, 0) is 32.0 Å². The van der Waals surface area contributed by atoms with Crippen LogP contribution in [0, 0.1) is 5.82 Å². The molecule has 1 rings (SSSR count). The lowest BCUT2D eigenvalue weighted by Gasteiger charge is -2.18. The van der Waals surface area contributed by atoms with Crippen molar-refractivity contribution < 1.29 is 4.39 Å². The van der Waals surface area contributed by atoms with E-state index in [1.165, 1.54) is 12.1 Å². The van der Waals surface area contributed by atoms with E-state index in [1.807, 2.05) is 13.8 Å². The summed E-state index contributed by atoms with van der Waals surface area (Å²) in [5.41, 5.74) is 0.526. The molecule has 0 saturated carbocycles. The first-order valence-corrected chi connectivity index (χ1v) is 4.41. The maximum absolute atomic E-state index is 13.2. The van der Waals surface area contributed by atoms with Crippen molar-refractivity contribution in [3.05, 3.63) is 34.6 Å². The van der Waals surface area contributed by atoms with E-state index in [9.17, 15) is 4.39 Å². The lowest BCUT2D eigenvalue weighted by Crippen LogP contribution is -2.10. The number of thiol groups is 1. The highest BCUT2D eigenvalue weighted by Crippen LogP contribution is 2.30. The topological polar surface area (TPSA) is 0 Å². The van der Waals surface area contributed by atoms with Crippen molar-refractivity contribution in [2.75, 3.05) is 0 Å². The van der Waals surface area contributed by atoms with Gasteiger partial charge in [-0.3, -0.25) is 0 Å². The van der Waals surface area contributed by atoms with Crippen LogP contribution in [0.15, 0.2) is 18.2 Å². The van der Waals surface area contributed by atoms with Gasteiger partial charge in [0.05, 0.1) is 0 Å². The summed E-state index contributed by atoms with van der Waals surface area (Å²) in [7, 11) is 0. The molecule has 0 aliphatic heterocycles. The molecule has 0 spiro atoms. The lowest BCUT2D eigenvalue weighted by atomic mass is 10.0. The number of benzene rings is 1. The zero-order valence-electron chi connectivity index (χ0n) is 6.94. The van der Waals surface area contributed by atoms with E-state index in [-0.39, 0.29) is 5.82 Å². The van der Waals surface area contributed by atoms with Gasteiger partial charge in [0.2, 0.25) is 0 Å². The molecular formula is C9H10ClFS. The van der Waals surface area contributed by atoms with Crippen LogP contribution in [-0.2, 0) is 4.75 Å². The van der Waals surface area contributed by atoms with Crippen LogP contribution in [-0.4, -0.2) is 0 Å². The van der Waals surface area contributed by atoms with E-state index in [2.05, 4.69) is 12.6 Å². The molecule has 0 nitrogen and oxygen atoms in total. The van der Waals surface area contributed by atoms with Gasteiger partial charge in [0.15, 0.2) is 0 Å². The third kappa shape index (κ3) is 2.14. The Labute approximate surface area is 82.2 Å². The summed E-state index contributed by atoms with van der Waals surface area (Å²) in [6, 6.07) is 4.49. The highest BCUT2D eigenvalue weighted by atomic mass is 35.5. The van der Waals surface area contributed by atoms with Gasteiger partial charge in [0, 0.05) is 15.3 Å². The Kier molecular flexibility index (Phi) is 2.69. The highest BCUT2D eigenvalue weighted by Gasteiger charge is 2.19. The normalized spacial score (nSPS) is 11.8. The first kappa shape index (κ1) is 9.87. The van der Waals surface area contributed by atoms with Crippen molar-refractivity contribution in [3.63, 3.8) is 0 Å². The molecule has 0 amide bonds. The summed E-state index contributed by atoms with van der Waals surface area (Å²) in [6.45, 7) is 3.65. The number of halogens is 2. The van der Waals surface area contributed by atoms with Crippen LogP contribution >= 0.6 is 24.2 Å². The smallest absolute Gasteiger partial charge is 0.127 e. The van der Waals surface area contributed by atoms with Gasteiger partial charge in [-0.15, -0.1) is 0 Å². The molecule has 1 aromatic rings. The molecule has 12 heavy (non-hydrogen) atoms. The predicted octanol–water partition coefficient (Wildman–Crippen LogP) is 3.64. The minimum atomic E-state index is -0.491.